The molecule has 2 aromatic heterocycles. The van der Waals surface area contributed by atoms with E-state index >= 15 is 0 Å². The van der Waals surface area contributed by atoms with Gasteiger partial charge in [-0.05, 0) is 61.9 Å². The van der Waals surface area contributed by atoms with Gasteiger partial charge >= 0.3 is 0 Å². The van der Waals surface area contributed by atoms with Crippen LogP contribution in [0.4, 0.5) is 11.5 Å². The fourth-order valence-electron chi connectivity index (χ4n) is 4.97. The summed E-state index contributed by atoms with van der Waals surface area (Å²) < 4.78 is 5.53. The Kier molecular flexibility index (Phi) is 8.28. The molecule has 0 spiro atoms. The average Bonchev–Trinajstić information content (AvgIpc) is 3.51. The van der Waals surface area contributed by atoms with E-state index in [1.807, 2.05) is 30.5 Å². The lowest BCUT2D eigenvalue weighted by atomic mass is 10.00. The van der Waals surface area contributed by atoms with E-state index in [1.165, 1.54) is 6.08 Å². The van der Waals surface area contributed by atoms with Gasteiger partial charge in [-0.1, -0.05) is 6.58 Å². The van der Waals surface area contributed by atoms with Crippen LogP contribution in [0.2, 0.25) is 0 Å². The Hall–Kier alpha value is -4.09. The Bertz CT molecular complexity index is 1280. The summed E-state index contributed by atoms with van der Waals surface area (Å²) in [7, 11) is 2.13. The molecule has 0 bridgehead atoms. The maximum atomic E-state index is 13.3. The number of hydrogen-bond acceptors (Lipinski definition) is 8. The molecule has 11 nitrogen and oxygen atoms in total. The number of anilines is 2. The van der Waals surface area contributed by atoms with Crippen molar-refractivity contribution in [3.8, 4) is 11.1 Å². The van der Waals surface area contributed by atoms with Crippen LogP contribution in [0.25, 0.3) is 11.1 Å². The van der Waals surface area contributed by atoms with Gasteiger partial charge in [0.15, 0.2) is 0 Å². The molecule has 5 rings (SSSR count). The average molecular weight is 531 g/mol. The van der Waals surface area contributed by atoms with E-state index in [1.54, 1.807) is 17.2 Å². The molecule has 2 aliphatic heterocycles. The third-order valence-corrected chi connectivity index (χ3v) is 7.23. The number of H-pyrrole nitrogens is 1. The zero-order chi connectivity index (χ0) is 27.2. The number of nitrogens with one attached hydrogen (secondary N) is 2. The molecule has 11 heteroatoms. The quantitative estimate of drug-likeness (QED) is 0.426. The highest BCUT2D eigenvalue weighted by Gasteiger charge is 2.27. The number of rotatable bonds is 8. The van der Waals surface area contributed by atoms with Crippen molar-refractivity contribution in [1.29, 1.82) is 0 Å². The van der Waals surface area contributed by atoms with Crippen LogP contribution in [0.5, 0.6) is 0 Å². The minimum Gasteiger partial charge on any atom is -0.381 e. The normalized spacial score (nSPS) is 16.6. The number of carbonyl (C=O) groups excluding carboxylic acids is 2. The van der Waals surface area contributed by atoms with Crippen LogP contribution in [0.15, 0.2) is 55.4 Å². The SMILES string of the molecule is C=CC(=O)N(c1cc(C(=O)NCc2cn[nH]n2)cc(-c2ccc(N3CCN(C)CC3)nc2)c1)C1CCOCC1. The molecule has 2 aliphatic rings. The van der Waals surface area contributed by atoms with Gasteiger partial charge in [-0.15, -0.1) is 0 Å². The highest BCUT2D eigenvalue weighted by molar-refractivity contribution is 6.04. The summed E-state index contributed by atoms with van der Waals surface area (Å²) in [6.45, 7) is 8.96. The zero-order valence-corrected chi connectivity index (χ0v) is 22.2. The van der Waals surface area contributed by atoms with Crippen molar-refractivity contribution >= 4 is 23.3 Å². The summed E-state index contributed by atoms with van der Waals surface area (Å²) >= 11 is 0. The molecule has 0 atom stereocenters. The molecule has 0 aliphatic carbocycles. The number of carbonyl (C=O) groups is 2. The summed E-state index contributed by atoms with van der Waals surface area (Å²) in [4.78, 5) is 37.4. The second kappa shape index (κ2) is 12.2. The molecule has 204 valence electrons. The monoisotopic (exact) mass is 530 g/mol. The first-order valence-electron chi connectivity index (χ1n) is 13.2. The van der Waals surface area contributed by atoms with Crippen LogP contribution in [0.1, 0.15) is 28.9 Å². The van der Waals surface area contributed by atoms with E-state index in [0.29, 0.717) is 43.0 Å². The molecular weight excluding hydrogens is 496 g/mol. The van der Waals surface area contributed by atoms with Crippen LogP contribution in [0.3, 0.4) is 0 Å². The van der Waals surface area contributed by atoms with Gasteiger partial charge < -0.3 is 24.8 Å². The summed E-state index contributed by atoms with van der Waals surface area (Å²) in [6.07, 6.45) is 6.12. The zero-order valence-electron chi connectivity index (χ0n) is 22.2. The van der Waals surface area contributed by atoms with Crippen LogP contribution in [-0.4, -0.2) is 89.6 Å². The molecule has 0 unspecified atom stereocenters. The van der Waals surface area contributed by atoms with Crippen molar-refractivity contribution in [2.24, 2.45) is 0 Å². The smallest absolute Gasteiger partial charge is 0.251 e. The van der Waals surface area contributed by atoms with E-state index in [2.05, 4.69) is 44.2 Å². The van der Waals surface area contributed by atoms with Gasteiger partial charge in [0.05, 0.1) is 12.7 Å². The maximum absolute atomic E-state index is 13.3. The van der Waals surface area contributed by atoms with Crippen LogP contribution < -0.4 is 15.1 Å². The van der Waals surface area contributed by atoms with Crippen LogP contribution in [0, 0.1) is 0 Å². The highest BCUT2D eigenvalue weighted by Crippen LogP contribution is 2.31. The van der Waals surface area contributed by atoms with Crippen molar-refractivity contribution in [1.82, 2.24) is 30.6 Å². The van der Waals surface area contributed by atoms with Gasteiger partial charge in [0, 0.05) is 68.4 Å². The lowest BCUT2D eigenvalue weighted by Crippen LogP contribution is -2.44. The molecule has 2 fully saturated rings. The maximum Gasteiger partial charge on any atom is 0.251 e. The first-order chi connectivity index (χ1) is 19.0. The largest absolute Gasteiger partial charge is 0.381 e. The van der Waals surface area contributed by atoms with Gasteiger partial charge in [-0.3, -0.25) is 9.59 Å². The Morgan fingerprint density at radius 3 is 2.59 bits per heavy atom. The van der Waals surface area contributed by atoms with Gasteiger partial charge in [0.1, 0.15) is 11.5 Å². The third kappa shape index (κ3) is 6.32. The third-order valence-electron chi connectivity index (χ3n) is 7.23. The number of benzene rings is 1. The fourth-order valence-corrected chi connectivity index (χ4v) is 4.97. The van der Waals surface area contributed by atoms with Crippen molar-refractivity contribution < 1.29 is 14.3 Å². The van der Waals surface area contributed by atoms with Gasteiger partial charge in [0.25, 0.3) is 11.8 Å². The van der Waals surface area contributed by atoms with E-state index in [4.69, 9.17) is 9.72 Å². The van der Waals surface area contributed by atoms with Crippen molar-refractivity contribution in [2.75, 3.05) is 56.2 Å². The number of nitrogens with zero attached hydrogens (tertiary/aromatic N) is 6. The standard InChI is InChI=1S/C28H34N8O3/c1-3-27(37)36(24-6-12-39-13-7-24)25-15-21(14-22(16-25)28(38)30-18-23-19-31-33-32-23)20-4-5-26(29-17-20)35-10-8-34(2)9-11-35/h3-5,14-17,19,24H,1,6-13,18H2,2H3,(H,30,38)(H,31,32,33). The number of likely N-dealkylation sites (N-methyl/N-ethyl adjacent to an activating group) is 1. The molecule has 0 radical (unpaired) electrons. The molecular formula is C28H34N8O3. The van der Waals surface area contributed by atoms with E-state index in [9.17, 15) is 9.59 Å². The Morgan fingerprint density at radius 2 is 1.92 bits per heavy atom. The molecule has 3 aromatic rings. The van der Waals surface area contributed by atoms with Crippen molar-refractivity contribution in [2.45, 2.75) is 25.4 Å². The van der Waals surface area contributed by atoms with Crippen LogP contribution >= 0.6 is 0 Å². The molecule has 4 heterocycles. The summed E-state index contributed by atoms with van der Waals surface area (Å²) in [5, 5.41) is 13.2. The molecule has 0 saturated carbocycles. The predicted octanol–water partition coefficient (Wildman–Crippen LogP) is 2.25. The summed E-state index contributed by atoms with van der Waals surface area (Å²) in [6, 6.07) is 9.51. The summed E-state index contributed by atoms with van der Waals surface area (Å²) in [5.41, 5.74) is 3.35. The molecule has 2 amide bonds. The van der Waals surface area contributed by atoms with E-state index < -0.39 is 0 Å². The van der Waals surface area contributed by atoms with Gasteiger partial charge in [-0.2, -0.15) is 15.4 Å². The first kappa shape index (κ1) is 26.5. The number of amides is 2. The predicted molar refractivity (Wildman–Crippen MR) is 148 cm³/mol. The first-order valence-corrected chi connectivity index (χ1v) is 13.2. The molecule has 2 N–H and O–H groups in total. The second-order valence-electron chi connectivity index (χ2n) is 9.86. The minimum absolute atomic E-state index is 0.0525. The van der Waals surface area contributed by atoms with Crippen LogP contribution in [-0.2, 0) is 16.1 Å². The number of aromatic amines is 1. The Balaban J connectivity index is 1.48. The lowest BCUT2D eigenvalue weighted by Gasteiger charge is -2.34. The lowest BCUT2D eigenvalue weighted by molar-refractivity contribution is -0.115. The van der Waals surface area contributed by atoms with Crippen molar-refractivity contribution in [3.05, 3.63) is 66.6 Å². The highest BCUT2D eigenvalue weighted by atomic mass is 16.5. The minimum atomic E-state index is -0.277. The Morgan fingerprint density at radius 1 is 1.13 bits per heavy atom. The number of pyridine rings is 1. The van der Waals surface area contributed by atoms with Crippen molar-refractivity contribution in [3.63, 3.8) is 0 Å². The molecule has 39 heavy (non-hydrogen) atoms. The number of hydrogen-bond donors (Lipinski definition) is 2. The second-order valence-corrected chi connectivity index (χ2v) is 9.86. The number of ether oxygens (including phenoxy) is 1. The Labute approximate surface area is 227 Å². The molecule has 2 saturated heterocycles. The molecule has 1 aromatic carbocycles. The number of aromatic nitrogens is 4. The number of piperazine rings is 1. The van der Waals surface area contributed by atoms with Gasteiger partial charge in [0.2, 0.25) is 0 Å². The fraction of sp³-hybridized carbons (Fsp3) is 0.393. The van der Waals surface area contributed by atoms with E-state index in [0.717, 1.165) is 43.1 Å². The van der Waals surface area contributed by atoms with E-state index in [-0.39, 0.29) is 24.4 Å². The van der Waals surface area contributed by atoms with Gasteiger partial charge in [-0.25, -0.2) is 4.98 Å². The summed E-state index contributed by atoms with van der Waals surface area (Å²) in [5.74, 6) is 0.442. The topological polar surface area (TPSA) is 120 Å².